The highest BCUT2D eigenvalue weighted by atomic mass is 16.1. The van der Waals surface area contributed by atoms with Gasteiger partial charge in [-0.2, -0.15) is 0 Å². The fourth-order valence-corrected chi connectivity index (χ4v) is 2.75. The van der Waals surface area contributed by atoms with Crippen LogP contribution in [0, 0.1) is 13.8 Å². The van der Waals surface area contributed by atoms with Gasteiger partial charge in [-0.15, -0.1) is 0 Å². The lowest BCUT2D eigenvalue weighted by Gasteiger charge is -2.11. The van der Waals surface area contributed by atoms with E-state index >= 15 is 0 Å². The summed E-state index contributed by atoms with van der Waals surface area (Å²) in [6.45, 7) is 6.11. The van der Waals surface area contributed by atoms with Crippen LogP contribution in [0.2, 0.25) is 0 Å². The molecular formula is C21H23NO. The van der Waals surface area contributed by atoms with Crippen LogP contribution in [0.25, 0.3) is 17.2 Å². The SMILES string of the molecule is C/C(=C\c1cc(C)c(-c2ccccc2)cc1C)C(=O)NC1CC1. The third-order valence-corrected chi connectivity index (χ3v) is 4.34. The van der Waals surface area contributed by atoms with Crippen molar-refractivity contribution in [2.24, 2.45) is 0 Å². The number of amides is 1. The van der Waals surface area contributed by atoms with E-state index in [0.717, 1.165) is 24.0 Å². The topological polar surface area (TPSA) is 29.1 Å². The van der Waals surface area contributed by atoms with Crippen molar-refractivity contribution in [2.75, 3.05) is 0 Å². The minimum Gasteiger partial charge on any atom is -0.350 e. The molecule has 0 spiro atoms. The van der Waals surface area contributed by atoms with Crippen molar-refractivity contribution in [2.45, 2.75) is 39.7 Å². The molecule has 2 heteroatoms. The van der Waals surface area contributed by atoms with Gasteiger partial charge in [-0.3, -0.25) is 4.79 Å². The van der Waals surface area contributed by atoms with E-state index in [1.54, 1.807) is 0 Å². The van der Waals surface area contributed by atoms with Gasteiger partial charge in [0.1, 0.15) is 0 Å². The first-order valence-corrected chi connectivity index (χ1v) is 8.20. The van der Waals surface area contributed by atoms with E-state index < -0.39 is 0 Å². The number of aryl methyl sites for hydroxylation is 2. The molecule has 1 saturated carbocycles. The van der Waals surface area contributed by atoms with Crippen molar-refractivity contribution in [3.8, 4) is 11.1 Å². The summed E-state index contributed by atoms with van der Waals surface area (Å²) < 4.78 is 0. The maximum Gasteiger partial charge on any atom is 0.247 e. The summed E-state index contributed by atoms with van der Waals surface area (Å²) in [6.07, 6.45) is 4.22. The predicted molar refractivity (Wildman–Crippen MR) is 96.2 cm³/mol. The Hall–Kier alpha value is -2.35. The van der Waals surface area contributed by atoms with E-state index in [2.05, 4.69) is 55.6 Å². The minimum atomic E-state index is 0.0525. The Morgan fingerprint density at radius 3 is 2.43 bits per heavy atom. The molecule has 2 nitrogen and oxygen atoms in total. The summed E-state index contributed by atoms with van der Waals surface area (Å²) >= 11 is 0. The highest BCUT2D eigenvalue weighted by molar-refractivity contribution is 5.97. The first kappa shape index (κ1) is 15.5. The van der Waals surface area contributed by atoms with Gasteiger partial charge in [0.25, 0.3) is 0 Å². The summed E-state index contributed by atoms with van der Waals surface area (Å²) in [7, 11) is 0. The maximum atomic E-state index is 12.1. The first-order chi connectivity index (χ1) is 11.0. The van der Waals surface area contributed by atoms with E-state index in [1.807, 2.05) is 19.1 Å². The van der Waals surface area contributed by atoms with Crippen LogP contribution in [0.5, 0.6) is 0 Å². The van der Waals surface area contributed by atoms with Crippen molar-refractivity contribution >= 4 is 12.0 Å². The van der Waals surface area contributed by atoms with Crippen LogP contribution < -0.4 is 5.32 Å². The molecule has 1 amide bonds. The van der Waals surface area contributed by atoms with E-state index in [-0.39, 0.29) is 5.91 Å². The number of hydrogen-bond donors (Lipinski definition) is 1. The highest BCUT2D eigenvalue weighted by Crippen LogP contribution is 2.27. The van der Waals surface area contributed by atoms with Gasteiger partial charge in [0.15, 0.2) is 0 Å². The van der Waals surface area contributed by atoms with Gasteiger partial charge in [-0.05, 0) is 67.5 Å². The number of nitrogens with one attached hydrogen (secondary N) is 1. The van der Waals surface area contributed by atoms with Crippen molar-refractivity contribution in [1.82, 2.24) is 5.32 Å². The van der Waals surface area contributed by atoms with Crippen molar-refractivity contribution in [3.63, 3.8) is 0 Å². The summed E-state index contributed by atoms with van der Waals surface area (Å²) in [5.41, 5.74) is 6.78. The fourth-order valence-electron chi connectivity index (χ4n) is 2.75. The van der Waals surface area contributed by atoms with Crippen LogP contribution in [-0.4, -0.2) is 11.9 Å². The highest BCUT2D eigenvalue weighted by Gasteiger charge is 2.23. The molecule has 0 bridgehead atoms. The third-order valence-electron chi connectivity index (χ3n) is 4.34. The second-order valence-corrected chi connectivity index (χ2v) is 6.46. The average Bonchev–Trinajstić information content (AvgIpc) is 3.35. The van der Waals surface area contributed by atoms with Crippen LogP contribution in [0.15, 0.2) is 48.0 Å². The average molecular weight is 305 g/mol. The summed E-state index contributed by atoms with van der Waals surface area (Å²) in [5.74, 6) is 0.0525. The maximum absolute atomic E-state index is 12.1. The van der Waals surface area contributed by atoms with Gasteiger partial charge in [0, 0.05) is 11.6 Å². The monoisotopic (exact) mass is 305 g/mol. The summed E-state index contributed by atoms with van der Waals surface area (Å²) in [4.78, 5) is 12.1. The largest absolute Gasteiger partial charge is 0.350 e. The number of rotatable bonds is 4. The van der Waals surface area contributed by atoms with E-state index in [0.29, 0.717) is 6.04 Å². The molecular weight excluding hydrogens is 282 g/mol. The van der Waals surface area contributed by atoms with Crippen LogP contribution in [-0.2, 0) is 4.79 Å². The molecule has 23 heavy (non-hydrogen) atoms. The lowest BCUT2D eigenvalue weighted by Crippen LogP contribution is -2.25. The standard InChI is InChI=1S/C21H23NO/c1-14-13-20(17-7-5-4-6-8-17)15(2)11-18(14)12-16(3)21(23)22-19-9-10-19/h4-8,11-13,19H,9-10H2,1-3H3,(H,22,23)/b16-12+. The molecule has 118 valence electrons. The van der Waals surface area contributed by atoms with Crippen LogP contribution >= 0.6 is 0 Å². The molecule has 0 aromatic heterocycles. The van der Waals surface area contributed by atoms with Crippen LogP contribution in [0.1, 0.15) is 36.5 Å². The van der Waals surface area contributed by atoms with Crippen molar-refractivity contribution in [1.29, 1.82) is 0 Å². The van der Waals surface area contributed by atoms with Gasteiger partial charge in [0.05, 0.1) is 0 Å². The molecule has 2 aromatic rings. The molecule has 1 aliphatic carbocycles. The van der Waals surface area contributed by atoms with Gasteiger partial charge >= 0.3 is 0 Å². The van der Waals surface area contributed by atoms with E-state index in [1.165, 1.54) is 22.3 Å². The number of hydrogen-bond acceptors (Lipinski definition) is 1. The van der Waals surface area contributed by atoms with Crippen LogP contribution in [0.4, 0.5) is 0 Å². The van der Waals surface area contributed by atoms with Crippen molar-refractivity contribution < 1.29 is 4.79 Å². The molecule has 0 saturated heterocycles. The molecule has 1 fully saturated rings. The van der Waals surface area contributed by atoms with Crippen LogP contribution in [0.3, 0.4) is 0 Å². The second-order valence-electron chi connectivity index (χ2n) is 6.46. The number of carbonyl (C=O) groups is 1. The van der Waals surface area contributed by atoms with Gasteiger partial charge in [-0.1, -0.05) is 42.5 Å². The normalized spacial score (nSPS) is 14.7. The zero-order valence-corrected chi connectivity index (χ0v) is 14.0. The Labute approximate surface area is 138 Å². The molecule has 0 radical (unpaired) electrons. The van der Waals surface area contributed by atoms with Crippen molar-refractivity contribution in [3.05, 3.63) is 64.7 Å². The molecule has 1 aliphatic rings. The quantitative estimate of drug-likeness (QED) is 0.818. The molecule has 0 unspecified atom stereocenters. The van der Waals surface area contributed by atoms with Gasteiger partial charge in [0.2, 0.25) is 5.91 Å². The molecule has 3 rings (SSSR count). The Balaban J connectivity index is 1.89. The zero-order chi connectivity index (χ0) is 16.4. The molecule has 0 heterocycles. The molecule has 1 N–H and O–H groups in total. The van der Waals surface area contributed by atoms with Gasteiger partial charge < -0.3 is 5.32 Å². The molecule has 0 aliphatic heterocycles. The summed E-state index contributed by atoms with van der Waals surface area (Å²) in [6, 6.07) is 15.2. The van der Waals surface area contributed by atoms with Gasteiger partial charge in [-0.25, -0.2) is 0 Å². The lowest BCUT2D eigenvalue weighted by atomic mass is 9.94. The third kappa shape index (κ3) is 3.70. The number of benzene rings is 2. The predicted octanol–water partition coefficient (Wildman–Crippen LogP) is 4.65. The fraction of sp³-hybridized carbons (Fsp3) is 0.286. The Kier molecular flexibility index (Phi) is 4.33. The second kappa shape index (κ2) is 6.41. The Morgan fingerprint density at radius 2 is 1.78 bits per heavy atom. The first-order valence-electron chi connectivity index (χ1n) is 8.20. The molecule has 2 aromatic carbocycles. The molecule has 0 atom stereocenters. The Bertz CT molecular complexity index is 755. The van der Waals surface area contributed by atoms with E-state index in [9.17, 15) is 4.79 Å². The minimum absolute atomic E-state index is 0.0525. The zero-order valence-electron chi connectivity index (χ0n) is 14.0. The lowest BCUT2D eigenvalue weighted by molar-refractivity contribution is -0.117. The number of carbonyl (C=O) groups excluding carboxylic acids is 1. The van der Waals surface area contributed by atoms with E-state index in [4.69, 9.17) is 0 Å². The summed E-state index contributed by atoms with van der Waals surface area (Å²) in [5, 5.41) is 3.04. The smallest absolute Gasteiger partial charge is 0.247 e. The Morgan fingerprint density at radius 1 is 1.09 bits per heavy atom.